The van der Waals surface area contributed by atoms with Gasteiger partial charge >= 0.3 is 0 Å². The smallest absolute Gasteiger partial charge is 0.251 e. The van der Waals surface area contributed by atoms with Crippen LogP contribution in [-0.2, 0) is 9.59 Å². The fourth-order valence-electron chi connectivity index (χ4n) is 2.78. The average molecular weight is 391 g/mol. The van der Waals surface area contributed by atoms with E-state index < -0.39 is 0 Å². The van der Waals surface area contributed by atoms with Crippen LogP contribution in [0, 0.1) is 0 Å². The monoisotopic (exact) mass is 391 g/mol. The fourth-order valence-corrected chi connectivity index (χ4v) is 3.63. The molecule has 3 aromatic rings. The minimum atomic E-state index is -0.117. The van der Waals surface area contributed by atoms with Gasteiger partial charge in [0.25, 0.3) is 5.91 Å². The van der Waals surface area contributed by atoms with Crippen LogP contribution in [0.3, 0.4) is 0 Å². The molecule has 0 N–H and O–H groups in total. The van der Waals surface area contributed by atoms with Crippen LogP contribution in [0.4, 0.5) is 16.5 Å². The van der Waals surface area contributed by atoms with E-state index in [1.54, 1.807) is 15.9 Å². The normalized spacial score (nSPS) is 10.8. The van der Waals surface area contributed by atoms with Crippen LogP contribution in [-0.4, -0.2) is 23.3 Å². The Morgan fingerprint density at radius 3 is 2.18 bits per heavy atom. The molecule has 2 amide bonds. The zero-order valence-corrected chi connectivity index (χ0v) is 16.6. The van der Waals surface area contributed by atoms with Crippen LogP contribution >= 0.6 is 11.3 Å². The molecule has 0 fully saturated rings. The summed E-state index contributed by atoms with van der Waals surface area (Å²) < 4.78 is 0. The molecular formula is C22H21N3O2S. The highest BCUT2D eigenvalue weighted by atomic mass is 32.1. The Balaban J connectivity index is 1.78. The molecule has 6 heteroatoms. The predicted molar refractivity (Wildman–Crippen MR) is 115 cm³/mol. The lowest BCUT2D eigenvalue weighted by atomic mass is 10.2. The van der Waals surface area contributed by atoms with Gasteiger partial charge in [-0.1, -0.05) is 36.4 Å². The molecule has 5 nitrogen and oxygen atoms in total. The third-order valence-corrected chi connectivity index (χ3v) is 4.92. The third-order valence-electron chi connectivity index (χ3n) is 4.08. The average Bonchev–Trinajstić information content (AvgIpc) is 3.17. The number of benzene rings is 2. The Bertz CT molecular complexity index is 968. The Hall–Kier alpha value is -3.25. The summed E-state index contributed by atoms with van der Waals surface area (Å²) in [6.07, 6.45) is 3.19. The van der Waals surface area contributed by atoms with E-state index in [-0.39, 0.29) is 11.8 Å². The molecule has 0 atom stereocenters. The van der Waals surface area contributed by atoms with Crippen LogP contribution in [0.1, 0.15) is 19.5 Å². The zero-order chi connectivity index (χ0) is 19.9. The number of amides is 2. The van der Waals surface area contributed by atoms with Gasteiger partial charge in [0.05, 0.1) is 11.4 Å². The molecule has 0 aliphatic rings. The van der Waals surface area contributed by atoms with E-state index in [4.69, 9.17) is 0 Å². The van der Waals surface area contributed by atoms with Crippen molar-refractivity contribution < 1.29 is 9.59 Å². The van der Waals surface area contributed by atoms with Gasteiger partial charge in [0, 0.05) is 30.6 Å². The van der Waals surface area contributed by atoms with Gasteiger partial charge in [0.1, 0.15) is 0 Å². The number of carbonyl (C=O) groups is 2. The summed E-state index contributed by atoms with van der Waals surface area (Å²) in [6, 6.07) is 18.9. The Labute approximate surface area is 168 Å². The number of nitrogens with zero attached hydrogens (tertiary/aromatic N) is 3. The van der Waals surface area contributed by atoms with E-state index >= 15 is 0 Å². The van der Waals surface area contributed by atoms with Gasteiger partial charge in [0.15, 0.2) is 5.13 Å². The van der Waals surface area contributed by atoms with Crippen molar-refractivity contribution in [1.82, 2.24) is 4.98 Å². The van der Waals surface area contributed by atoms with Crippen LogP contribution in [0.15, 0.2) is 72.1 Å². The van der Waals surface area contributed by atoms with Crippen molar-refractivity contribution >= 4 is 45.7 Å². The maximum Gasteiger partial charge on any atom is 0.251 e. The first-order valence-corrected chi connectivity index (χ1v) is 9.84. The van der Waals surface area contributed by atoms with E-state index in [1.165, 1.54) is 24.3 Å². The first kappa shape index (κ1) is 19.5. The highest BCUT2D eigenvalue weighted by Gasteiger charge is 2.17. The highest BCUT2D eigenvalue weighted by Crippen LogP contribution is 2.29. The molecule has 1 heterocycles. The fraction of sp³-hybridized carbons (Fsp3) is 0.136. The van der Waals surface area contributed by atoms with Crippen molar-refractivity contribution in [2.24, 2.45) is 0 Å². The largest absolute Gasteiger partial charge is 0.309 e. The lowest BCUT2D eigenvalue weighted by Crippen LogP contribution is -2.28. The molecule has 1 aromatic heterocycles. The van der Waals surface area contributed by atoms with Gasteiger partial charge in [-0.25, -0.2) is 4.98 Å². The Morgan fingerprint density at radius 2 is 1.61 bits per heavy atom. The second-order valence-corrected chi connectivity index (χ2v) is 6.83. The first-order valence-electron chi connectivity index (χ1n) is 8.96. The van der Waals surface area contributed by atoms with Crippen molar-refractivity contribution in [2.75, 3.05) is 16.3 Å². The van der Waals surface area contributed by atoms with E-state index in [1.807, 2.05) is 73.0 Å². The molecule has 0 bridgehead atoms. The molecule has 142 valence electrons. The van der Waals surface area contributed by atoms with Crippen molar-refractivity contribution in [2.45, 2.75) is 13.8 Å². The van der Waals surface area contributed by atoms with Gasteiger partial charge < -0.3 is 4.90 Å². The summed E-state index contributed by atoms with van der Waals surface area (Å²) in [4.78, 5) is 32.4. The van der Waals surface area contributed by atoms with E-state index in [0.29, 0.717) is 17.4 Å². The molecule has 0 spiro atoms. The second-order valence-electron chi connectivity index (χ2n) is 6.00. The van der Waals surface area contributed by atoms with Crippen molar-refractivity contribution in [3.05, 3.63) is 77.8 Å². The van der Waals surface area contributed by atoms with Gasteiger partial charge in [-0.05, 0) is 37.3 Å². The first-order chi connectivity index (χ1) is 13.6. The van der Waals surface area contributed by atoms with Gasteiger partial charge in [0.2, 0.25) is 5.91 Å². The SMILES string of the molecule is CCN(C(=O)/C=C/c1csc(N(C(C)=O)c2ccccc2)n1)c1ccccc1. The van der Waals surface area contributed by atoms with Gasteiger partial charge in [-0.3, -0.25) is 14.5 Å². The highest BCUT2D eigenvalue weighted by molar-refractivity contribution is 7.14. The molecule has 28 heavy (non-hydrogen) atoms. The van der Waals surface area contributed by atoms with Gasteiger partial charge in [-0.15, -0.1) is 11.3 Å². The number of aromatic nitrogens is 1. The summed E-state index contributed by atoms with van der Waals surface area (Å²) in [5.41, 5.74) is 2.25. The number of carbonyl (C=O) groups excluding carboxylic acids is 2. The number of likely N-dealkylation sites (N-methyl/N-ethyl adjacent to an activating group) is 1. The zero-order valence-electron chi connectivity index (χ0n) is 15.8. The van der Waals surface area contributed by atoms with Crippen LogP contribution in [0.2, 0.25) is 0 Å². The maximum absolute atomic E-state index is 12.6. The molecule has 0 aliphatic heterocycles. The summed E-state index contributed by atoms with van der Waals surface area (Å²) in [6.45, 7) is 4.01. The Morgan fingerprint density at radius 1 is 1.00 bits per heavy atom. The standard InChI is InChI=1S/C22H21N3O2S/c1-3-24(19-10-6-4-7-11-19)21(27)15-14-18-16-28-22(23-18)25(17(2)26)20-12-8-5-9-13-20/h4-16H,3H2,1-2H3/b15-14+. The van der Waals surface area contributed by atoms with Crippen LogP contribution in [0.5, 0.6) is 0 Å². The summed E-state index contributed by atoms with van der Waals surface area (Å²) in [7, 11) is 0. The van der Waals surface area contributed by atoms with Crippen molar-refractivity contribution in [3.8, 4) is 0 Å². The number of thiazole rings is 1. The van der Waals surface area contributed by atoms with E-state index in [2.05, 4.69) is 4.98 Å². The molecule has 0 unspecified atom stereocenters. The number of hydrogen-bond donors (Lipinski definition) is 0. The summed E-state index contributed by atoms with van der Waals surface area (Å²) in [5.74, 6) is -0.233. The van der Waals surface area contributed by atoms with E-state index in [9.17, 15) is 9.59 Å². The third kappa shape index (κ3) is 4.53. The van der Waals surface area contributed by atoms with Gasteiger partial charge in [-0.2, -0.15) is 0 Å². The lowest BCUT2D eigenvalue weighted by Gasteiger charge is -2.19. The maximum atomic E-state index is 12.6. The lowest BCUT2D eigenvalue weighted by molar-refractivity contribution is -0.116. The molecule has 0 radical (unpaired) electrons. The Kier molecular flexibility index (Phi) is 6.34. The number of anilines is 3. The predicted octanol–water partition coefficient (Wildman–Crippen LogP) is 4.89. The molecule has 0 saturated carbocycles. The van der Waals surface area contributed by atoms with Crippen molar-refractivity contribution in [1.29, 1.82) is 0 Å². The molecule has 2 aromatic carbocycles. The summed E-state index contributed by atoms with van der Waals surface area (Å²) in [5, 5.41) is 2.40. The molecule has 0 aliphatic carbocycles. The second kappa shape index (κ2) is 9.10. The van der Waals surface area contributed by atoms with Crippen LogP contribution in [0.25, 0.3) is 6.08 Å². The number of rotatable bonds is 6. The topological polar surface area (TPSA) is 53.5 Å². The van der Waals surface area contributed by atoms with Crippen molar-refractivity contribution in [3.63, 3.8) is 0 Å². The minimum absolute atomic E-state index is 0.116. The quantitative estimate of drug-likeness (QED) is 0.562. The molecule has 0 saturated heterocycles. The molecule has 3 rings (SSSR count). The summed E-state index contributed by atoms with van der Waals surface area (Å²) >= 11 is 1.36. The van der Waals surface area contributed by atoms with E-state index in [0.717, 1.165) is 11.4 Å². The van der Waals surface area contributed by atoms with Crippen LogP contribution < -0.4 is 9.80 Å². The molecular weight excluding hydrogens is 370 g/mol. The number of para-hydroxylation sites is 2. The number of hydrogen-bond acceptors (Lipinski definition) is 4. The minimum Gasteiger partial charge on any atom is -0.309 e.